The third-order valence-corrected chi connectivity index (χ3v) is 10.9. The van der Waals surface area contributed by atoms with Crippen molar-refractivity contribution in [2.75, 3.05) is 33.0 Å². The van der Waals surface area contributed by atoms with Crippen molar-refractivity contribution in [2.45, 2.75) is 35.9 Å². The zero-order valence-electron chi connectivity index (χ0n) is 18.6. The smallest absolute Gasteiger partial charge is 0.384 e. The normalized spacial score (nSPS) is 27.4. The fourth-order valence-electron chi connectivity index (χ4n) is 2.93. The van der Waals surface area contributed by atoms with Gasteiger partial charge >= 0.3 is 34.6 Å². The van der Waals surface area contributed by atoms with Crippen LogP contribution < -0.4 is 11.4 Å². The van der Waals surface area contributed by atoms with E-state index in [-0.39, 0.29) is 16.9 Å². The molecule has 2 rings (SSSR count). The van der Waals surface area contributed by atoms with Crippen molar-refractivity contribution >= 4 is 28.8 Å². The highest BCUT2D eigenvalue weighted by molar-refractivity contribution is 7.75. The lowest BCUT2D eigenvalue weighted by Crippen LogP contribution is -2.42. The van der Waals surface area contributed by atoms with Crippen LogP contribution in [-0.2, 0) is 27.3 Å². The molecule has 1 fully saturated rings. The van der Waals surface area contributed by atoms with Crippen molar-refractivity contribution in [1.29, 1.82) is 0 Å². The molecule has 8 N–H and O–H groups in total. The van der Waals surface area contributed by atoms with Gasteiger partial charge < -0.3 is 45.2 Å². The number of aromatic nitrogens is 2. The van der Waals surface area contributed by atoms with Gasteiger partial charge in [0, 0.05) is 19.2 Å². The largest absolute Gasteiger partial charge is 0.479 e. The number of hydrogen-bond donors (Lipinski definition) is 7. The van der Waals surface area contributed by atoms with E-state index in [4.69, 9.17) is 10.5 Å². The average Bonchev–Trinajstić information content (AvgIpc) is 2.92. The van der Waals surface area contributed by atoms with Crippen molar-refractivity contribution in [1.82, 2.24) is 14.5 Å². The van der Waals surface area contributed by atoms with Gasteiger partial charge in [0.25, 0.3) is 5.08 Å². The third-order valence-electron chi connectivity index (χ3n) is 4.91. The Bertz CT molecular complexity index is 1160. The number of ether oxygens (including phenoxy) is 1. The van der Waals surface area contributed by atoms with Gasteiger partial charge in [-0.1, -0.05) is 0 Å². The molecule has 1 aromatic heterocycles. The number of aliphatic hydroxyl groups is 2. The minimum Gasteiger partial charge on any atom is -0.384 e. The third kappa shape index (κ3) is 6.45. The molecule has 2 heterocycles. The van der Waals surface area contributed by atoms with Crippen LogP contribution in [0.2, 0.25) is 0 Å². The highest BCUT2D eigenvalue weighted by atomic mass is 31.3. The standard InChI is InChI=1S/C14H25F2N4O13P3/c1-19(2)6-4-13(23,34(24,25)26)35(27,28)33-36(29,30)31-7-8-10(21)14(15,16)11(32-8)20-5-3-9(17)18-12(20)22/h3,5,8,10-11,21,23H,4,6-7H2,1-2H3,(H,27,28)(H,29,30)(H2,17,18,22)(H2,24,25,26)/t8-,10+,11-,13?/m1/s1. The second-order valence-corrected chi connectivity index (χ2v) is 13.7. The summed E-state index contributed by atoms with van der Waals surface area (Å²) in [4.78, 5) is 54.9. The zero-order chi connectivity index (χ0) is 27.9. The van der Waals surface area contributed by atoms with E-state index in [0.29, 0.717) is 0 Å². The number of anilines is 1. The monoisotopic (exact) mass is 588 g/mol. The van der Waals surface area contributed by atoms with Crippen LogP contribution in [0.4, 0.5) is 14.6 Å². The van der Waals surface area contributed by atoms with Crippen molar-refractivity contribution < 1.29 is 65.8 Å². The lowest BCUT2D eigenvalue weighted by atomic mass is 10.1. The minimum absolute atomic E-state index is 0.279. The maximum atomic E-state index is 14.5. The van der Waals surface area contributed by atoms with Gasteiger partial charge in [-0.05, 0) is 20.2 Å². The van der Waals surface area contributed by atoms with E-state index in [1.807, 2.05) is 0 Å². The Hall–Kier alpha value is -1.17. The van der Waals surface area contributed by atoms with E-state index in [9.17, 15) is 57.1 Å². The molecule has 36 heavy (non-hydrogen) atoms. The molecular formula is C14H25F2N4O13P3. The lowest BCUT2D eigenvalue weighted by molar-refractivity contribution is -0.140. The SMILES string of the molecule is CN(C)CCC(O)(P(=O)(O)O)P(=O)(O)OP(=O)(O)OC[C@H]1O[C@@H](n2ccc(N)nc2=O)C(F)(F)[C@H]1O. The molecule has 0 radical (unpaired) electrons. The number of nitrogens with zero attached hydrogens (tertiary/aromatic N) is 3. The summed E-state index contributed by atoms with van der Waals surface area (Å²) in [6.07, 6.45) is -7.62. The molecule has 0 saturated carbocycles. The highest BCUT2D eigenvalue weighted by Crippen LogP contribution is 2.76. The predicted octanol–water partition coefficient (Wildman–Crippen LogP) is -1.19. The Balaban J connectivity index is 2.20. The van der Waals surface area contributed by atoms with Gasteiger partial charge in [0.05, 0.1) is 6.61 Å². The van der Waals surface area contributed by atoms with Gasteiger partial charge in [-0.15, -0.1) is 0 Å². The van der Waals surface area contributed by atoms with E-state index in [2.05, 4.69) is 13.8 Å². The van der Waals surface area contributed by atoms with Gasteiger partial charge in [0.15, 0.2) is 6.10 Å². The lowest BCUT2D eigenvalue weighted by Gasteiger charge is -2.33. The molecule has 0 aromatic carbocycles. The molecule has 0 spiro atoms. The first-order valence-corrected chi connectivity index (χ1v) is 14.3. The van der Waals surface area contributed by atoms with Crippen LogP contribution in [0.25, 0.3) is 0 Å². The average molecular weight is 588 g/mol. The van der Waals surface area contributed by atoms with E-state index in [0.717, 1.165) is 12.3 Å². The van der Waals surface area contributed by atoms with Gasteiger partial charge in [-0.3, -0.25) is 18.2 Å². The fraction of sp³-hybridized carbons (Fsp3) is 0.714. The number of aliphatic hydroxyl groups excluding tert-OH is 1. The molecule has 1 saturated heterocycles. The highest BCUT2D eigenvalue weighted by Gasteiger charge is 2.63. The van der Waals surface area contributed by atoms with Crippen molar-refractivity contribution in [3.05, 3.63) is 22.7 Å². The molecule has 0 amide bonds. The predicted molar refractivity (Wildman–Crippen MR) is 115 cm³/mol. The number of hydrogen-bond acceptors (Lipinski definition) is 12. The van der Waals surface area contributed by atoms with Crippen LogP contribution in [0, 0.1) is 0 Å². The number of halogens is 2. The Morgan fingerprint density at radius 1 is 1.28 bits per heavy atom. The van der Waals surface area contributed by atoms with Crippen LogP contribution in [0.5, 0.6) is 0 Å². The maximum absolute atomic E-state index is 14.5. The molecule has 6 atom stereocenters. The molecule has 17 nitrogen and oxygen atoms in total. The van der Waals surface area contributed by atoms with Gasteiger partial charge in [0.2, 0.25) is 6.23 Å². The first-order chi connectivity index (χ1) is 16.1. The van der Waals surface area contributed by atoms with Gasteiger partial charge in [-0.25, -0.2) is 13.7 Å². The number of alkyl halides is 2. The van der Waals surface area contributed by atoms with Crippen LogP contribution >= 0.6 is 23.0 Å². The molecule has 3 unspecified atom stereocenters. The number of phosphoric ester groups is 1. The summed E-state index contributed by atoms with van der Waals surface area (Å²) in [6, 6.07) is 0.976. The Labute approximate surface area is 201 Å². The van der Waals surface area contributed by atoms with Gasteiger partial charge in [0.1, 0.15) is 11.9 Å². The number of nitrogens with two attached hydrogens (primary N) is 1. The summed E-state index contributed by atoms with van der Waals surface area (Å²) < 4.78 is 78.9. The van der Waals surface area contributed by atoms with E-state index in [1.54, 1.807) is 0 Å². The van der Waals surface area contributed by atoms with E-state index in [1.165, 1.54) is 19.0 Å². The summed E-state index contributed by atoms with van der Waals surface area (Å²) in [5.41, 5.74) is 4.00. The van der Waals surface area contributed by atoms with Crippen LogP contribution in [0.3, 0.4) is 0 Å². The van der Waals surface area contributed by atoms with E-state index >= 15 is 0 Å². The number of phosphoric acid groups is 1. The molecule has 22 heteroatoms. The van der Waals surface area contributed by atoms with E-state index < -0.39 is 71.2 Å². The first-order valence-electron chi connectivity index (χ1n) is 9.65. The summed E-state index contributed by atoms with van der Waals surface area (Å²) in [5.74, 6) is -4.47. The van der Waals surface area contributed by atoms with Crippen LogP contribution in [0.1, 0.15) is 12.6 Å². The summed E-state index contributed by atoms with van der Waals surface area (Å²) in [6.45, 7) is -1.78. The molecule has 1 aromatic rings. The van der Waals surface area contributed by atoms with Crippen molar-refractivity contribution in [2.24, 2.45) is 0 Å². The molecule has 0 aliphatic carbocycles. The topological polar surface area (TPSA) is 264 Å². The van der Waals surface area contributed by atoms with Crippen molar-refractivity contribution in [3.63, 3.8) is 0 Å². The zero-order valence-corrected chi connectivity index (χ0v) is 21.2. The van der Waals surface area contributed by atoms with Gasteiger partial charge in [-0.2, -0.15) is 13.8 Å². The number of nitrogen functional groups attached to an aromatic ring is 1. The maximum Gasteiger partial charge on any atom is 0.479 e. The fourth-order valence-corrected chi connectivity index (χ4v) is 7.52. The second kappa shape index (κ2) is 10.5. The first kappa shape index (κ1) is 31.1. The molecule has 1 aliphatic rings. The Kier molecular flexibility index (Phi) is 9.09. The van der Waals surface area contributed by atoms with Crippen LogP contribution in [0.15, 0.2) is 17.1 Å². The van der Waals surface area contributed by atoms with Crippen molar-refractivity contribution in [3.8, 4) is 0 Å². The summed E-state index contributed by atoms with van der Waals surface area (Å²) >= 11 is 0. The quantitative estimate of drug-likeness (QED) is 0.150. The van der Waals surface area contributed by atoms with Crippen LogP contribution in [-0.4, -0.2) is 94.7 Å². The minimum atomic E-state index is -6.08. The molecule has 208 valence electrons. The molecule has 0 bridgehead atoms. The summed E-state index contributed by atoms with van der Waals surface area (Å²) in [5, 5.41) is 16.3. The second-order valence-electron chi connectivity index (χ2n) is 7.93. The number of rotatable bonds is 11. The molecular weight excluding hydrogens is 563 g/mol. The Morgan fingerprint density at radius 3 is 2.36 bits per heavy atom. The summed E-state index contributed by atoms with van der Waals surface area (Å²) in [7, 11) is -15.0. The Morgan fingerprint density at radius 2 is 1.86 bits per heavy atom. The molecule has 1 aliphatic heterocycles.